The largest absolute Gasteiger partial charge is 0.481 e. The summed E-state index contributed by atoms with van der Waals surface area (Å²) in [5.41, 5.74) is 14.2. The Balaban J connectivity index is -0.000000230. The Hall–Kier alpha value is -2.24. The lowest BCUT2D eigenvalue weighted by Gasteiger charge is -1.99. The van der Waals surface area contributed by atoms with Crippen LogP contribution in [0.4, 0.5) is 0 Å². The van der Waals surface area contributed by atoms with Gasteiger partial charge >= 0.3 is 23.9 Å². The van der Waals surface area contributed by atoms with Gasteiger partial charge in [0.15, 0.2) is 0 Å². The molecule has 0 aromatic carbocycles. The van der Waals surface area contributed by atoms with Crippen LogP contribution in [0, 0.1) is 0 Å². The standard InChI is InChI=1S/C4H7NO4.C3H7NO2.C2H5NO2/c5-2(4(8)9)1-3(6)7;1-2(4)3(5)6;3-1-2(4)5/h2H,1,5H2,(H,6,7)(H,8,9);2H,4H2,1H3,(H,5,6);1,3H2,(H,4,5). The number of hydrogen-bond donors (Lipinski definition) is 7. The van der Waals surface area contributed by atoms with Gasteiger partial charge in [-0.05, 0) is 6.92 Å². The summed E-state index contributed by atoms with van der Waals surface area (Å²) in [6.45, 7) is 1.14. The highest BCUT2D eigenvalue weighted by molar-refractivity contribution is 5.80. The molecule has 0 saturated carbocycles. The Morgan fingerprint density at radius 1 is 0.900 bits per heavy atom. The minimum Gasteiger partial charge on any atom is -0.481 e. The molecule has 0 bridgehead atoms. The zero-order valence-corrected chi connectivity index (χ0v) is 10.7. The van der Waals surface area contributed by atoms with Gasteiger partial charge in [0.05, 0.1) is 13.0 Å². The second-order valence-electron chi connectivity index (χ2n) is 3.27. The van der Waals surface area contributed by atoms with Gasteiger partial charge < -0.3 is 37.6 Å². The summed E-state index contributed by atoms with van der Waals surface area (Å²) in [5, 5.41) is 31.5. The van der Waals surface area contributed by atoms with Gasteiger partial charge in [-0.2, -0.15) is 0 Å². The number of hydrogen-bond acceptors (Lipinski definition) is 7. The third-order valence-electron chi connectivity index (χ3n) is 1.28. The number of nitrogens with two attached hydrogens (primary N) is 3. The summed E-state index contributed by atoms with van der Waals surface area (Å²) in [7, 11) is 0. The van der Waals surface area contributed by atoms with E-state index < -0.39 is 42.4 Å². The Labute approximate surface area is 114 Å². The van der Waals surface area contributed by atoms with Gasteiger partial charge in [-0.25, -0.2) is 0 Å². The average Bonchev–Trinajstić information content (AvgIpc) is 2.29. The highest BCUT2D eigenvalue weighted by atomic mass is 16.4. The van der Waals surface area contributed by atoms with Crippen molar-refractivity contribution in [3.05, 3.63) is 0 Å². The normalized spacial score (nSPS) is 11.6. The highest BCUT2D eigenvalue weighted by Gasteiger charge is 2.14. The lowest BCUT2D eigenvalue weighted by atomic mass is 10.2. The van der Waals surface area contributed by atoms with E-state index in [-0.39, 0.29) is 6.54 Å². The molecule has 118 valence electrons. The molecule has 2 atom stereocenters. The molecule has 11 nitrogen and oxygen atoms in total. The smallest absolute Gasteiger partial charge is 0.321 e. The van der Waals surface area contributed by atoms with E-state index in [2.05, 4.69) is 5.73 Å². The first-order valence-corrected chi connectivity index (χ1v) is 5.06. The molecule has 0 aliphatic heterocycles. The fourth-order valence-electron chi connectivity index (χ4n) is 0.275. The molecule has 11 heteroatoms. The van der Waals surface area contributed by atoms with E-state index in [0.29, 0.717) is 0 Å². The van der Waals surface area contributed by atoms with Gasteiger partial charge in [0.25, 0.3) is 0 Å². The number of rotatable bonds is 5. The fraction of sp³-hybridized carbons (Fsp3) is 0.556. The summed E-state index contributed by atoms with van der Waals surface area (Å²) >= 11 is 0. The third kappa shape index (κ3) is 24.8. The van der Waals surface area contributed by atoms with E-state index in [9.17, 15) is 19.2 Å². The quantitative estimate of drug-likeness (QED) is 0.276. The lowest BCUT2D eigenvalue weighted by molar-refractivity contribution is -0.144. The van der Waals surface area contributed by atoms with E-state index in [4.69, 9.17) is 31.9 Å². The fourth-order valence-corrected chi connectivity index (χ4v) is 0.275. The molecule has 0 saturated heterocycles. The molecule has 0 spiro atoms. The zero-order valence-electron chi connectivity index (χ0n) is 10.7. The van der Waals surface area contributed by atoms with Crippen molar-refractivity contribution in [3.63, 3.8) is 0 Å². The molecule has 0 rings (SSSR count). The molecule has 0 heterocycles. The van der Waals surface area contributed by atoms with Gasteiger partial charge in [-0.15, -0.1) is 0 Å². The molecular weight excluding hydrogens is 278 g/mol. The Morgan fingerprint density at radius 2 is 1.20 bits per heavy atom. The van der Waals surface area contributed by atoms with Crippen LogP contribution in [0.25, 0.3) is 0 Å². The van der Waals surface area contributed by atoms with Crippen molar-refractivity contribution in [2.45, 2.75) is 25.4 Å². The van der Waals surface area contributed by atoms with Crippen LogP contribution in [0.1, 0.15) is 13.3 Å². The maximum Gasteiger partial charge on any atom is 0.321 e. The minimum atomic E-state index is -1.29. The van der Waals surface area contributed by atoms with E-state index >= 15 is 0 Å². The van der Waals surface area contributed by atoms with Crippen molar-refractivity contribution >= 4 is 23.9 Å². The molecule has 0 radical (unpaired) electrons. The van der Waals surface area contributed by atoms with Crippen molar-refractivity contribution in [1.82, 2.24) is 0 Å². The predicted octanol–water partition coefficient (Wildman–Crippen LogP) is -2.68. The summed E-state index contributed by atoms with van der Waals surface area (Å²) < 4.78 is 0. The van der Waals surface area contributed by atoms with Crippen LogP contribution in [0.2, 0.25) is 0 Å². The van der Waals surface area contributed by atoms with Crippen molar-refractivity contribution in [1.29, 1.82) is 0 Å². The topological polar surface area (TPSA) is 227 Å². The minimum absolute atomic E-state index is 0.278. The van der Waals surface area contributed by atoms with Crippen LogP contribution < -0.4 is 17.2 Å². The maximum atomic E-state index is 9.85. The Bertz CT molecular complexity index is 331. The summed E-state index contributed by atoms with van der Waals surface area (Å²) in [5.74, 6) is -4.43. The number of carbonyl (C=O) groups is 4. The first-order chi connectivity index (χ1) is 8.95. The SMILES string of the molecule is CC(N)C(=O)O.NC(CC(=O)O)C(=O)O.NCC(=O)O. The number of aliphatic carboxylic acids is 4. The Kier molecular flexibility index (Phi) is 15.1. The molecule has 0 aliphatic rings. The Morgan fingerprint density at radius 3 is 1.25 bits per heavy atom. The van der Waals surface area contributed by atoms with Crippen LogP contribution >= 0.6 is 0 Å². The maximum absolute atomic E-state index is 9.85. The van der Waals surface area contributed by atoms with Gasteiger partial charge in [-0.1, -0.05) is 0 Å². The molecule has 10 N–H and O–H groups in total. The molecular formula is C9H19N3O8. The second-order valence-corrected chi connectivity index (χ2v) is 3.27. The summed E-state index contributed by atoms with van der Waals surface area (Å²) in [6.07, 6.45) is -0.532. The van der Waals surface area contributed by atoms with Crippen molar-refractivity contribution < 1.29 is 39.6 Å². The lowest BCUT2D eigenvalue weighted by Crippen LogP contribution is -2.32. The van der Waals surface area contributed by atoms with E-state index in [1.807, 2.05) is 0 Å². The van der Waals surface area contributed by atoms with Crippen LogP contribution in [-0.4, -0.2) is 62.9 Å². The molecule has 2 unspecified atom stereocenters. The van der Waals surface area contributed by atoms with E-state index in [1.165, 1.54) is 6.92 Å². The van der Waals surface area contributed by atoms with Crippen LogP contribution in [0.5, 0.6) is 0 Å². The number of carboxylic acid groups (broad SMARTS) is 4. The average molecular weight is 297 g/mol. The molecule has 0 aromatic rings. The first-order valence-electron chi connectivity index (χ1n) is 5.06. The molecule has 0 amide bonds. The van der Waals surface area contributed by atoms with Crippen LogP contribution in [-0.2, 0) is 19.2 Å². The second kappa shape index (κ2) is 13.2. The van der Waals surface area contributed by atoms with Gasteiger partial charge in [0.1, 0.15) is 12.1 Å². The van der Waals surface area contributed by atoms with Crippen LogP contribution in [0.15, 0.2) is 0 Å². The zero-order chi connectivity index (χ0) is 16.9. The first kappa shape index (κ1) is 22.9. The molecule has 0 aliphatic carbocycles. The van der Waals surface area contributed by atoms with Crippen molar-refractivity contribution in [3.8, 4) is 0 Å². The van der Waals surface area contributed by atoms with Gasteiger partial charge in [-0.3, -0.25) is 19.2 Å². The summed E-state index contributed by atoms with van der Waals surface area (Å²) in [4.78, 5) is 38.4. The molecule has 0 aromatic heterocycles. The summed E-state index contributed by atoms with van der Waals surface area (Å²) in [6, 6.07) is -2.02. The molecule has 0 fully saturated rings. The van der Waals surface area contributed by atoms with Crippen molar-refractivity contribution in [2.75, 3.05) is 6.54 Å². The third-order valence-corrected chi connectivity index (χ3v) is 1.28. The predicted molar refractivity (Wildman–Crippen MR) is 65.8 cm³/mol. The van der Waals surface area contributed by atoms with Crippen LogP contribution in [0.3, 0.4) is 0 Å². The van der Waals surface area contributed by atoms with Gasteiger partial charge in [0, 0.05) is 0 Å². The van der Waals surface area contributed by atoms with E-state index in [1.54, 1.807) is 0 Å². The highest BCUT2D eigenvalue weighted by Crippen LogP contribution is 1.86. The van der Waals surface area contributed by atoms with Crippen molar-refractivity contribution in [2.24, 2.45) is 17.2 Å². The van der Waals surface area contributed by atoms with Gasteiger partial charge in [0.2, 0.25) is 0 Å². The van der Waals surface area contributed by atoms with E-state index in [0.717, 1.165) is 0 Å². The number of carboxylic acids is 4. The monoisotopic (exact) mass is 297 g/mol. The molecule has 20 heavy (non-hydrogen) atoms.